The summed E-state index contributed by atoms with van der Waals surface area (Å²) in [5, 5.41) is 0. The van der Waals surface area contributed by atoms with Crippen molar-refractivity contribution in [2.24, 2.45) is 23.7 Å². The van der Waals surface area contributed by atoms with Crippen molar-refractivity contribution in [3.63, 3.8) is 0 Å². The Morgan fingerprint density at radius 1 is 1.16 bits per heavy atom. The number of carbonyl (C=O) groups is 1. The van der Waals surface area contributed by atoms with Crippen LogP contribution < -0.4 is 0 Å². The molecule has 1 aliphatic carbocycles. The minimum absolute atomic E-state index is 0.000579. The summed E-state index contributed by atoms with van der Waals surface area (Å²) in [6.07, 6.45) is 7.04. The van der Waals surface area contributed by atoms with Gasteiger partial charge in [-0.25, -0.2) is 0 Å². The first-order valence-electron chi connectivity index (χ1n) is 8.22. The van der Waals surface area contributed by atoms with Gasteiger partial charge in [-0.2, -0.15) is 0 Å². The predicted octanol–water partition coefficient (Wildman–Crippen LogP) is 4.82. The molecule has 1 rings (SSSR count). The molecule has 0 bridgehead atoms. The van der Waals surface area contributed by atoms with Gasteiger partial charge in [-0.15, -0.1) is 0 Å². The van der Waals surface area contributed by atoms with Crippen molar-refractivity contribution in [1.29, 1.82) is 0 Å². The summed E-state index contributed by atoms with van der Waals surface area (Å²) in [6.45, 7) is 10.8. The van der Waals surface area contributed by atoms with E-state index in [1.54, 1.807) is 0 Å². The van der Waals surface area contributed by atoms with Crippen molar-refractivity contribution < 1.29 is 9.53 Å². The fraction of sp³-hybridized carbons (Fsp3) is 0.941. The predicted molar refractivity (Wildman–Crippen MR) is 79.9 cm³/mol. The summed E-state index contributed by atoms with van der Waals surface area (Å²) >= 11 is 0. The van der Waals surface area contributed by atoms with Gasteiger partial charge in [-0.05, 0) is 49.9 Å². The molecule has 112 valence electrons. The van der Waals surface area contributed by atoms with Gasteiger partial charge in [0.05, 0.1) is 5.92 Å². The van der Waals surface area contributed by atoms with Gasteiger partial charge in [0, 0.05) is 0 Å². The first kappa shape index (κ1) is 16.5. The molecule has 0 aromatic heterocycles. The maximum atomic E-state index is 12.0. The molecule has 0 aromatic carbocycles. The average molecular weight is 268 g/mol. The molecule has 1 fully saturated rings. The first-order valence-corrected chi connectivity index (χ1v) is 8.22. The molecule has 0 amide bonds. The molecule has 1 aliphatic rings. The quantitative estimate of drug-likeness (QED) is 0.646. The summed E-state index contributed by atoms with van der Waals surface area (Å²) in [4.78, 5) is 12.0. The number of rotatable bonds is 6. The van der Waals surface area contributed by atoms with Gasteiger partial charge in [-0.3, -0.25) is 4.79 Å². The van der Waals surface area contributed by atoms with Crippen LogP contribution in [0.1, 0.15) is 73.1 Å². The Hall–Kier alpha value is -0.530. The highest BCUT2D eigenvalue weighted by atomic mass is 16.5. The van der Waals surface area contributed by atoms with E-state index in [1.165, 1.54) is 25.7 Å². The van der Waals surface area contributed by atoms with Crippen molar-refractivity contribution in [3.05, 3.63) is 0 Å². The summed E-state index contributed by atoms with van der Waals surface area (Å²) < 4.78 is 5.79. The first-order chi connectivity index (χ1) is 9.01. The highest BCUT2D eigenvalue weighted by Crippen LogP contribution is 2.38. The Morgan fingerprint density at radius 3 is 2.37 bits per heavy atom. The zero-order valence-corrected chi connectivity index (χ0v) is 13.4. The van der Waals surface area contributed by atoms with Gasteiger partial charge in [0.1, 0.15) is 6.10 Å². The minimum Gasteiger partial charge on any atom is -0.462 e. The van der Waals surface area contributed by atoms with Gasteiger partial charge in [0.15, 0.2) is 0 Å². The molecular formula is C17H32O2. The van der Waals surface area contributed by atoms with E-state index < -0.39 is 0 Å². The third-order valence-corrected chi connectivity index (χ3v) is 4.86. The summed E-state index contributed by atoms with van der Waals surface area (Å²) in [7, 11) is 0. The van der Waals surface area contributed by atoms with Crippen LogP contribution in [0.4, 0.5) is 0 Å². The Labute approximate surface area is 119 Å². The lowest BCUT2D eigenvalue weighted by atomic mass is 9.72. The van der Waals surface area contributed by atoms with Crippen LogP contribution in [0.3, 0.4) is 0 Å². The lowest BCUT2D eigenvalue weighted by Crippen LogP contribution is -2.34. The van der Waals surface area contributed by atoms with Gasteiger partial charge < -0.3 is 4.74 Å². The lowest BCUT2D eigenvalue weighted by molar-refractivity contribution is -0.158. The largest absolute Gasteiger partial charge is 0.462 e. The molecule has 0 saturated heterocycles. The molecule has 5 atom stereocenters. The second-order valence-corrected chi connectivity index (χ2v) is 6.54. The van der Waals surface area contributed by atoms with Gasteiger partial charge in [0.2, 0.25) is 0 Å². The van der Waals surface area contributed by atoms with E-state index in [4.69, 9.17) is 4.74 Å². The van der Waals surface area contributed by atoms with E-state index in [0.717, 1.165) is 24.7 Å². The number of hydrogen-bond acceptors (Lipinski definition) is 2. The van der Waals surface area contributed by atoms with Gasteiger partial charge in [-0.1, -0.05) is 41.0 Å². The van der Waals surface area contributed by atoms with E-state index >= 15 is 0 Å². The van der Waals surface area contributed by atoms with Crippen molar-refractivity contribution in [2.75, 3.05) is 0 Å². The standard InChI is InChI=1S/C17H32O2/c1-6-13(5)17(18)19-16(8-3)15-10-12(4)9-14(7-2)11-15/h12-16H,6-11H2,1-5H3. The van der Waals surface area contributed by atoms with Crippen LogP contribution in [0.2, 0.25) is 0 Å². The lowest BCUT2D eigenvalue weighted by Gasteiger charge is -2.37. The van der Waals surface area contributed by atoms with E-state index in [0.29, 0.717) is 5.92 Å². The van der Waals surface area contributed by atoms with Crippen LogP contribution in [-0.2, 0) is 9.53 Å². The van der Waals surface area contributed by atoms with Crippen molar-refractivity contribution >= 4 is 5.97 Å². The average Bonchev–Trinajstić information content (AvgIpc) is 2.42. The maximum Gasteiger partial charge on any atom is 0.308 e. The summed E-state index contributed by atoms with van der Waals surface area (Å²) in [6, 6.07) is 0. The second kappa shape index (κ2) is 7.91. The van der Waals surface area contributed by atoms with Crippen LogP contribution >= 0.6 is 0 Å². The monoisotopic (exact) mass is 268 g/mol. The Balaban J connectivity index is 2.60. The SMILES string of the molecule is CCC1CC(C)CC(C(CC)OC(=O)C(C)CC)C1. The highest BCUT2D eigenvalue weighted by molar-refractivity contribution is 5.72. The highest BCUT2D eigenvalue weighted by Gasteiger charge is 2.32. The van der Waals surface area contributed by atoms with Gasteiger partial charge >= 0.3 is 5.97 Å². The van der Waals surface area contributed by atoms with Crippen LogP contribution in [0.5, 0.6) is 0 Å². The number of ether oxygens (including phenoxy) is 1. The molecule has 1 saturated carbocycles. The molecule has 0 aliphatic heterocycles. The normalized spacial score (nSPS) is 30.7. The van der Waals surface area contributed by atoms with Crippen LogP contribution in [0.25, 0.3) is 0 Å². The molecule has 19 heavy (non-hydrogen) atoms. The van der Waals surface area contributed by atoms with Crippen LogP contribution in [0.15, 0.2) is 0 Å². The third kappa shape index (κ3) is 4.81. The molecule has 2 nitrogen and oxygen atoms in total. The Morgan fingerprint density at radius 2 is 1.84 bits per heavy atom. The van der Waals surface area contributed by atoms with E-state index in [2.05, 4.69) is 20.8 Å². The van der Waals surface area contributed by atoms with Crippen molar-refractivity contribution in [3.8, 4) is 0 Å². The molecule has 5 unspecified atom stereocenters. The molecule has 0 N–H and O–H groups in total. The second-order valence-electron chi connectivity index (χ2n) is 6.54. The number of esters is 1. The number of carbonyl (C=O) groups excluding carboxylic acids is 1. The molecule has 0 aromatic rings. The summed E-state index contributed by atoms with van der Waals surface area (Å²) in [5.41, 5.74) is 0. The Kier molecular flexibility index (Phi) is 6.88. The fourth-order valence-corrected chi connectivity index (χ4v) is 3.38. The Bertz CT molecular complexity index is 274. The zero-order chi connectivity index (χ0) is 14.4. The third-order valence-electron chi connectivity index (χ3n) is 4.86. The number of hydrogen-bond donors (Lipinski definition) is 0. The van der Waals surface area contributed by atoms with E-state index in [1.807, 2.05) is 13.8 Å². The van der Waals surface area contributed by atoms with Crippen LogP contribution in [0, 0.1) is 23.7 Å². The molecule has 0 heterocycles. The minimum atomic E-state index is 0.000579. The molecule has 0 radical (unpaired) electrons. The van der Waals surface area contributed by atoms with E-state index in [-0.39, 0.29) is 18.0 Å². The van der Waals surface area contributed by atoms with Crippen molar-refractivity contribution in [2.45, 2.75) is 79.2 Å². The maximum absolute atomic E-state index is 12.0. The topological polar surface area (TPSA) is 26.3 Å². The molecule has 0 spiro atoms. The molecule has 2 heteroatoms. The van der Waals surface area contributed by atoms with Crippen LogP contribution in [-0.4, -0.2) is 12.1 Å². The fourth-order valence-electron chi connectivity index (χ4n) is 3.38. The zero-order valence-electron chi connectivity index (χ0n) is 13.4. The molecular weight excluding hydrogens is 236 g/mol. The summed E-state index contributed by atoms with van der Waals surface area (Å²) in [5.74, 6) is 2.22. The smallest absolute Gasteiger partial charge is 0.308 e. The van der Waals surface area contributed by atoms with E-state index in [9.17, 15) is 4.79 Å². The van der Waals surface area contributed by atoms with Gasteiger partial charge in [0.25, 0.3) is 0 Å². The van der Waals surface area contributed by atoms with Crippen molar-refractivity contribution in [1.82, 2.24) is 0 Å².